The largest absolute Gasteiger partial charge is 0.339 e. The van der Waals surface area contributed by atoms with Gasteiger partial charge in [-0.25, -0.2) is 0 Å². The van der Waals surface area contributed by atoms with Crippen LogP contribution >= 0.6 is 0 Å². The molecule has 0 amide bonds. The minimum absolute atomic E-state index is 0.242. The molecule has 1 N–H and O–H groups in total. The van der Waals surface area contributed by atoms with Gasteiger partial charge in [0.25, 0.3) is 0 Å². The first kappa shape index (κ1) is 14.3. The summed E-state index contributed by atoms with van der Waals surface area (Å²) in [5.41, 5.74) is 2.74. The molecule has 1 heterocycles. The SMILES string of the molecule is CNC(C)C(c1nc(C2Cc3ccccc32)no1)C(C)C. The third kappa shape index (κ3) is 2.48. The molecule has 0 aliphatic heterocycles. The number of fused-ring (bicyclic) bond motifs is 1. The van der Waals surface area contributed by atoms with Crippen molar-refractivity contribution in [1.82, 2.24) is 15.5 Å². The fourth-order valence-corrected chi connectivity index (χ4v) is 3.27. The first-order chi connectivity index (χ1) is 10.1. The van der Waals surface area contributed by atoms with Crippen LogP contribution in [0.25, 0.3) is 0 Å². The molecule has 1 aliphatic rings. The van der Waals surface area contributed by atoms with Crippen LogP contribution in [-0.2, 0) is 6.42 Å². The second kappa shape index (κ2) is 5.60. The summed E-state index contributed by atoms with van der Waals surface area (Å²) in [7, 11) is 1.97. The van der Waals surface area contributed by atoms with Crippen molar-refractivity contribution in [3.8, 4) is 0 Å². The van der Waals surface area contributed by atoms with Crippen LogP contribution in [-0.4, -0.2) is 23.2 Å². The molecule has 4 nitrogen and oxygen atoms in total. The van der Waals surface area contributed by atoms with Crippen LogP contribution in [0.1, 0.15) is 55.4 Å². The van der Waals surface area contributed by atoms with Crippen molar-refractivity contribution in [3.05, 3.63) is 47.1 Å². The van der Waals surface area contributed by atoms with E-state index in [0.29, 0.717) is 17.9 Å². The second-order valence-electron chi connectivity index (χ2n) is 6.29. The van der Waals surface area contributed by atoms with E-state index in [0.717, 1.165) is 18.1 Å². The number of likely N-dealkylation sites (N-methyl/N-ethyl adjacent to an activating group) is 1. The van der Waals surface area contributed by atoms with Crippen LogP contribution in [0.2, 0.25) is 0 Å². The first-order valence-corrected chi connectivity index (χ1v) is 7.70. The fraction of sp³-hybridized carbons (Fsp3) is 0.529. The van der Waals surface area contributed by atoms with Gasteiger partial charge < -0.3 is 9.84 Å². The molecule has 3 unspecified atom stereocenters. The van der Waals surface area contributed by atoms with Crippen LogP contribution in [0.3, 0.4) is 0 Å². The van der Waals surface area contributed by atoms with E-state index in [4.69, 9.17) is 9.51 Å². The molecule has 21 heavy (non-hydrogen) atoms. The average Bonchev–Trinajstić information content (AvgIpc) is 2.88. The van der Waals surface area contributed by atoms with Gasteiger partial charge in [-0.05, 0) is 37.4 Å². The smallest absolute Gasteiger partial charge is 0.231 e. The summed E-state index contributed by atoms with van der Waals surface area (Å²) in [5.74, 6) is 2.58. The predicted octanol–water partition coefficient (Wildman–Crippen LogP) is 3.11. The van der Waals surface area contributed by atoms with E-state index in [2.05, 4.69) is 55.5 Å². The molecule has 3 rings (SSSR count). The van der Waals surface area contributed by atoms with E-state index in [9.17, 15) is 0 Å². The van der Waals surface area contributed by atoms with Crippen LogP contribution in [0, 0.1) is 5.92 Å². The molecule has 0 radical (unpaired) electrons. The lowest BCUT2D eigenvalue weighted by molar-refractivity contribution is 0.284. The Kier molecular flexibility index (Phi) is 3.81. The van der Waals surface area contributed by atoms with E-state index in [1.165, 1.54) is 11.1 Å². The van der Waals surface area contributed by atoms with E-state index >= 15 is 0 Å². The highest BCUT2D eigenvalue weighted by molar-refractivity contribution is 5.43. The molecule has 0 saturated heterocycles. The Balaban J connectivity index is 1.84. The van der Waals surface area contributed by atoms with E-state index in [1.54, 1.807) is 0 Å². The number of hydrogen-bond donors (Lipinski definition) is 1. The van der Waals surface area contributed by atoms with Gasteiger partial charge in [-0.3, -0.25) is 0 Å². The topological polar surface area (TPSA) is 51.0 Å². The zero-order valence-electron chi connectivity index (χ0n) is 13.1. The molecule has 112 valence electrons. The van der Waals surface area contributed by atoms with Gasteiger partial charge in [0.1, 0.15) is 0 Å². The molecule has 2 aromatic rings. The molecule has 0 saturated carbocycles. The Morgan fingerprint density at radius 3 is 2.67 bits per heavy atom. The lowest BCUT2D eigenvalue weighted by Gasteiger charge is -2.27. The zero-order valence-corrected chi connectivity index (χ0v) is 13.1. The summed E-state index contributed by atoms with van der Waals surface area (Å²) in [6.07, 6.45) is 1.02. The highest BCUT2D eigenvalue weighted by Gasteiger charge is 2.33. The number of aromatic nitrogens is 2. The normalized spacial score (nSPS) is 20.0. The molecule has 0 spiro atoms. The Hall–Kier alpha value is -1.68. The number of nitrogens with one attached hydrogen (secondary N) is 1. The zero-order chi connectivity index (χ0) is 15.0. The molecule has 1 aromatic heterocycles. The first-order valence-electron chi connectivity index (χ1n) is 7.70. The van der Waals surface area contributed by atoms with Gasteiger partial charge in [0, 0.05) is 6.04 Å². The van der Waals surface area contributed by atoms with Crippen molar-refractivity contribution < 1.29 is 4.52 Å². The van der Waals surface area contributed by atoms with Gasteiger partial charge in [0.05, 0.1) is 11.8 Å². The van der Waals surface area contributed by atoms with Crippen molar-refractivity contribution >= 4 is 0 Å². The van der Waals surface area contributed by atoms with Crippen molar-refractivity contribution in [3.63, 3.8) is 0 Å². The molecular weight excluding hydrogens is 262 g/mol. The Morgan fingerprint density at radius 1 is 1.24 bits per heavy atom. The quantitative estimate of drug-likeness (QED) is 0.917. The van der Waals surface area contributed by atoms with Gasteiger partial charge in [0.15, 0.2) is 5.82 Å². The third-order valence-corrected chi connectivity index (χ3v) is 4.62. The summed E-state index contributed by atoms with van der Waals surface area (Å²) in [6, 6.07) is 8.81. The molecule has 0 fully saturated rings. The molecule has 1 aliphatic carbocycles. The monoisotopic (exact) mass is 285 g/mol. The van der Waals surface area contributed by atoms with E-state index in [1.807, 2.05) is 7.05 Å². The van der Waals surface area contributed by atoms with Crippen molar-refractivity contribution in [2.24, 2.45) is 5.92 Å². The Morgan fingerprint density at radius 2 is 2.00 bits per heavy atom. The van der Waals surface area contributed by atoms with Crippen LogP contribution < -0.4 is 5.32 Å². The lowest BCUT2D eigenvalue weighted by Crippen LogP contribution is -2.32. The van der Waals surface area contributed by atoms with Crippen LogP contribution in [0.5, 0.6) is 0 Å². The molecule has 4 heteroatoms. The maximum Gasteiger partial charge on any atom is 0.231 e. The number of hydrogen-bond acceptors (Lipinski definition) is 4. The predicted molar refractivity (Wildman–Crippen MR) is 82.4 cm³/mol. The fourth-order valence-electron chi connectivity index (χ4n) is 3.27. The van der Waals surface area contributed by atoms with Gasteiger partial charge >= 0.3 is 0 Å². The van der Waals surface area contributed by atoms with Crippen molar-refractivity contribution in [2.45, 2.75) is 45.1 Å². The van der Waals surface area contributed by atoms with Crippen molar-refractivity contribution in [1.29, 1.82) is 0 Å². The van der Waals surface area contributed by atoms with Gasteiger partial charge in [-0.2, -0.15) is 4.98 Å². The van der Waals surface area contributed by atoms with Gasteiger partial charge in [-0.15, -0.1) is 0 Å². The van der Waals surface area contributed by atoms with Crippen LogP contribution in [0.4, 0.5) is 0 Å². The van der Waals surface area contributed by atoms with E-state index in [-0.39, 0.29) is 5.92 Å². The van der Waals surface area contributed by atoms with E-state index < -0.39 is 0 Å². The number of nitrogens with zero attached hydrogens (tertiary/aromatic N) is 2. The second-order valence-corrected chi connectivity index (χ2v) is 6.29. The summed E-state index contributed by atoms with van der Waals surface area (Å²) in [4.78, 5) is 4.70. The summed E-state index contributed by atoms with van der Waals surface area (Å²) in [6.45, 7) is 6.55. The molecule has 0 bridgehead atoms. The minimum Gasteiger partial charge on any atom is -0.339 e. The average molecular weight is 285 g/mol. The maximum atomic E-state index is 5.58. The number of rotatable bonds is 5. The van der Waals surface area contributed by atoms with Gasteiger partial charge in [-0.1, -0.05) is 43.3 Å². The highest BCUT2D eigenvalue weighted by Crippen LogP contribution is 2.39. The standard InChI is InChI=1S/C17H23N3O/c1-10(2)15(11(3)18-4)17-19-16(20-21-17)14-9-12-7-5-6-8-13(12)14/h5-8,10-11,14-15,18H,9H2,1-4H3. The molecule has 3 atom stereocenters. The lowest BCUT2D eigenvalue weighted by atomic mass is 9.77. The molecule has 1 aromatic carbocycles. The summed E-state index contributed by atoms with van der Waals surface area (Å²) >= 11 is 0. The highest BCUT2D eigenvalue weighted by atomic mass is 16.5. The summed E-state index contributed by atoms with van der Waals surface area (Å²) in [5, 5.41) is 7.54. The van der Waals surface area contributed by atoms with Crippen molar-refractivity contribution in [2.75, 3.05) is 7.05 Å². The van der Waals surface area contributed by atoms with Gasteiger partial charge in [0.2, 0.25) is 5.89 Å². The Bertz CT molecular complexity index is 620. The minimum atomic E-state index is 0.242. The summed E-state index contributed by atoms with van der Waals surface area (Å²) < 4.78 is 5.58. The Labute approximate surface area is 126 Å². The van der Waals surface area contributed by atoms with Crippen LogP contribution in [0.15, 0.2) is 28.8 Å². The molecular formula is C17H23N3O. The maximum absolute atomic E-state index is 5.58. The third-order valence-electron chi connectivity index (χ3n) is 4.62. The number of benzene rings is 1.